The summed E-state index contributed by atoms with van der Waals surface area (Å²) in [5.74, 6) is 0.787. The molecule has 8 heteroatoms. The quantitative estimate of drug-likeness (QED) is 0.440. The van der Waals surface area contributed by atoms with Gasteiger partial charge in [-0.2, -0.15) is 0 Å². The van der Waals surface area contributed by atoms with Gasteiger partial charge in [0.05, 0.1) is 30.0 Å². The van der Waals surface area contributed by atoms with E-state index in [1.807, 2.05) is 54.3 Å². The highest BCUT2D eigenvalue weighted by Gasteiger charge is 2.22. The Morgan fingerprint density at radius 3 is 2.87 bits per heavy atom. The first-order valence-electron chi connectivity index (χ1n) is 10.5. The predicted octanol–water partition coefficient (Wildman–Crippen LogP) is 4.83. The summed E-state index contributed by atoms with van der Waals surface area (Å²) in [6, 6.07) is 13.4. The second-order valence-corrected chi connectivity index (χ2v) is 9.26. The summed E-state index contributed by atoms with van der Waals surface area (Å²) < 4.78 is 13.0. The number of aromatic nitrogens is 1. The topological polar surface area (TPSA) is 54.9 Å². The predicted molar refractivity (Wildman–Crippen MR) is 128 cm³/mol. The van der Waals surface area contributed by atoms with Crippen molar-refractivity contribution in [2.24, 2.45) is 0 Å². The number of fused-ring (bicyclic) bond motifs is 1. The van der Waals surface area contributed by atoms with Crippen molar-refractivity contribution in [3.63, 3.8) is 0 Å². The molecule has 0 unspecified atom stereocenters. The fourth-order valence-corrected chi connectivity index (χ4v) is 5.02. The number of halogens is 1. The van der Waals surface area contributed by atoms with Crippen LogP contribution in [-0.2, 0) is 4.74 Å². The zero-order valence-corrected chi connectivity index (χ0v) is 20.0. The molecule has 2 aromatic carbocycles. The molecule has 3 aromatic rings. The van der Waals surface area contributed by atoms with Gasteiger partial charge in [-0.25, -0.2) is 4.98 Å². The Labute approximate surface area is 194 Å². The van der Waals surface area contributed by atoms with E-state index in [1.165, 1.54) is 11.3 Å². The van der Waals surface area contributed by atoms with E-state index >= 15 is 0 Å². The van der Waals surface area contributed by atoms with Crippen LogP contribution in [0.25, 0.3) is 10.2 Å². The standard InChI is InChI=1S/C23H26BrN3O3S/c1-2-30-19-7-8-20-21(16-19)31-23(25-20)27(10-4-9-26-11-13-29-14-12-26)22(28)17-5-3-6-18(24)15-17/h3,5-8,15-16H,2,4,9-14H2,1H3. The zero-order valence-electron chi connectivity index (χ0n) is 17.6. The maximum Gasteiger partial charge on any atom is 0.260 e. The van der Waals surface area contributed by atoms with Crippen LogP contribution < -0.4 is 9.64 Å². The van der Waals surface area contributed by atoms with Gasteiger partial charge in [0.2, 0.25) is 0 Å². The average molecular weight is 504 g/mol. The highest BCUT2D eigenvalue weighted by Crippen LogP contribution is 2.32. The Balaban J connectivity index is 1.57. The van der Waals surface area contributed by atoms with Crippen LogP contribution in [0.15, 0.2) is 46.9 Å². The lowest BCUT2D eigenvalue weighted by molar-refractivity contribution is 0.0376. The van der Waals surface area contributed by atoms with Crippen LogP contribution in [0.1, 0.15) is 23.7 Å². The first kappa shape index (κ1) is 22.2. The maximum absolute atomic E-state index is 13.4. The second kappa shape index (κ2) is 10.5. The van der Waals surface area contributed by atoms with E-state index in [2.05, 4.69) is 20.8 Å². The summed E-state index contributed by atoms with van der Waals surface area (Å²) in [5.41, 5.74) is 1.53. The van der Waals surface area contributed by atoms with Crippen LogP contribution in [0.5, 0.6) is 5.75 Å². The Kier molecular flexibility index (Phi) is 7.55. The van der Waals surface area contributed by atoms with Gasteiger partial charge in [0.1, 0.15) is 5.75 Å². The number of nitrogens with zero attached hydrogens (tertiary/aromatic N) is 3. The van der Waals surface area contributed by atoms with Crippen LogP contribution in [0.3, 0.4) is 0 Å². The molecular formula is C23H26BrN3O3S. The van der Waals surface area contributed by atoms with E-state index in [0.717, 1.165) is 64.8 Å². The lowest BCUT2D eigenvalue weighted by Gasteiger charge is -2.27. The number of carbonyl (C=O) groups is 1. The molecule has 0 atom stereocenters. The van der Waals surface area contributed by atoms with Crippen LogP contribution in [0, 0.1) is 0 Å². The van der Waals surface area contributed by atoms with Gasteiger partial charge in [0, 0.05) is 36.2 Å². The molecule has 0 saturated carbocycles. The number of morpholine rings is 1. The van der Waals surface area contributed by atoms with Crippen molar-refractivity contribution in [1.82, 2.24) is 9.88 Å². The van der Waals surface area contributed by atoms with Crippen molar-refractivity contribution in [1.29, 1.82) is 0 Å². The molecule has 1 aromatic heterocycles. The molecule has 0 aliphatic carbocycles. The molecule has 1 saturated heterocycles. The molecule has 4 rings (SSSR count). The molecule has 1 aliphatic rings. The van der Waals surface area contributed by atoms with Crippen LogP contribution >= 0.6 is 27.3 Å². The third-order valence-electron chi connectivity index (χ3n) is 5.17. The lowest BCUT2D eigenvalue weighted by atomic mass is 10.2. The van der Waals surface area contributed by atoms with Crippen molar-refractivity contribution in [2.75, 3.05) is 50.9 Å². The van der Waals surface area contributed by atoms with Crippen LogP contribution in [0.2, 0.25) is 0 Å². The fourth-order valence-electron chi connectivity index (χ4n) is 3.60. The summed E-state index contributed by atoms with van der Waals surface area (Å²) in [6.07, 6.45) is 0.875. The van der Waals surface area contributed by atoms with Crippen molar-refractivity contribution in [3.05, 3.63) is 52.5 Å². The van der Waals surface area contributed by atoms with E-state index in [4.69, 9.17) is 14.5 Å². The molecule has 0 spiro atoms. The number of carbonyl (C=O) groups excluding carboxylic acids is 1. The van der Waals surface area contributed by atoms with Crippen LogP contribution in [0.4, 0.5) is 5.13 Å². The zero-order chi connectivity index (χ0) is 21.6. The molecule has 1 aliphatic heterocycles. The highest BCUT2D eigenvalue weighted by molar-refractivity contribution is 9.10. The van der Waals surface area contributed by atoms with Gasteiger partial charge >= 0.3 is 0 Å². The Morgan fingerprint density at radius 1 is 1.26 bits per heavy atom. The van der Waals surface area contributed by atoms with Crippen molar-refractivity contribution in [2.45, 2.75) is 13.3 Å². The first-order valence-corrected chi connectivity index (χ1v) is 12.2. The van der Waals surface area contributed by atoms with Gasteiger partial charge in [-0.3, -0.25) is 14.6 Å². The Hall–Kier alpha value is -2.00. The van der Waals surface area contributed by atoms with E-state index in [9.17, 15) is 4.79 Å². The minimum absolute atomic E-state index is 0.0348. The molecular weight excluding hydrogens is 478 g/mol. The monoisotopic (exact) mass is 503 g/mol. The first-order chi connectivity index (χ1) is 15.1. The van der Waals surface area contributed by atoms with Gasteiger partial charge in [-0.05, 0) is 49.7 Å². The van der Waals surface area contributed by atoms with Gasteiger partial charge in [0.15, 0.2) is 5.13 Å². The lowest BCUT2D eigenvalue weighted by Crippen LogP contribution is -2.39. The average Bonchev–Trinajstić information content (AvgIpc) is 3.20. The maximum atomic E-state index is 13.4. The molecule has 0 bridgehead atoms. The summed E-state index contributed by atoms with van der Waals surface area (Å²) >= 11 is 5.00. The molecule has 1 amide bonds. The van der Waals surface area contributed by atoms with E-state index in [1.54, 1.807) is 0 Å². The number of ether oxygens (including phenoxy) is 2. The number of thiazole rings is 1. The minimum Gasteiger partial charge on any atom is -0.494 e. The molecule has 1 fully saturated rings. The summed E-state index contributed by atoms with van der Waals surface area (Å²) in [6.45, 7) is 7.58. The normalized spacial score (nSPS) is 14.6. The number of anilines is 1. The van der Waals surface area contributed by atoms with E-state index in [-0.39, 0.29) is 5.91 Å². The van der Waals surface area contributed by atoms with E-state index < -0.39 is 0 Å². The van der Waals surface area contributed by atoms with Gasteiger partial charge < -0.3 is 9.47 Å². The highest BCUT2D eigenvalue weighted by atomic mass is 79.9. The molecule has 0 radical (unpaired) electrons. The number of hydrogen-bond acceptors (Lipinski definition) is 6. The third kappa shape index (κ3) is 5.63. The molecule has 31 heavy (non-hydrogen) atoms. The number of benzene rings is 2. The number of amides is 1. The van der Waals surface area contributed by atoms with Gasteiger partial charge in [0.25, 0.3) is 5.91 Å². The largest absolute Gasteiger partial charge is 0.494 e. The molecule has 0 N–H and O–H groups in total. The molecule has 6 nitrogen and oxygen atoms in total. The summed E-state index contributed by atoms with van der Waals surface area (Å²) in [5, 5.41) is 0.718. The van der Waals surface area contributed by atoms with E-state index in [0.29, 0.717) is 18.7 Å². The number of rotatable bonds is 8. The van der Waals surface area contributed by atoms with Gasteiger partial charge in [-0.1, -0.05) is 33.3 Å². The smallest absolute Gasteiger partial charge is 0.260 e. The number of hydrogen-bond donors (Lipinski definition) is 0. The van der Waals surface area contributed by atoms with Crippen molar-refractivity contribution < 1.29 is 14.3 Å². The van der Waals surface area contributed by atoms with Crippen molar-refractivity contribution in [3.8, 4) is 5.75 Å². The van der Waals surface area contributed by atoms with Crippen LogP contribution in [-0.4, -0.2) is 61.8 Å². The van der Waals surface area contributed by atoms with Gasteiger partial charge in [-0.15, -0.1) is 0 Å². The Morgan fingerprint density at radius 2 is 2.10 bits per heavy atom. The third-order valence-corrected chi connectivity index (χ3v) is 6.70. The fraction of sp³-hybridized carbons (Fsp3) is 0.391. The molecule has 2 heterocycles. The molecule has 164 valence electrons. The SMILES string of the molecule is CCOc1ccc2nc(N(CCCN3CCOCC3)C(=O)c3cccc(Br)c3)sc2c1. The summed E-state index contributed by atoms with van der Waals surface area (Å²) in [4.78, 5) is 22.4. The second-order valence-electron chi connectivity index (χ2n) is 7.33. The van der Waals surface area contributed by atoms with Crippen molar-refractivity contribution >= 4 is 48.5 Å². The minimum atomic E-state index is -0.0348. The Bertz CT molecular complexity index is 1040. The summed E-state index contributed by atoms with van der Waals surface area (Å²) in [7, 11) is 0.